The first kappa shape index (κ1) is 18.5. The monoisotopic (exact) mass is 411 g/mol. The Kier molecular flexibility index (Phi) is 5.59. The fourth-order valence-electron chi connectivity index (χ4n) is 2.82. The highest BCUT2D eigenvalue weighted by atomic mass is 32.2. The summed E-state index contributed by atoms with van der Waals surface area (Å²) in [5.74, 6) is 0.536. The Morgan fingerprint density at radius 2 is 2.00 bits per heavy atom. The number of hydrogen-bond acceptors (Lipinski definition) is 6. The number of anilines is 2. The van der Waals surface area contributed by atoms with Gasteiger partial charge in [-0.1, -0.05) is 24.3 Å². The van der Waals surface area contributed by atoms with E-state index in [2.05, 4.69) is 10.3 Å². The smallest absolute Gasteiger partial charge is 0.244 e. The molecule has 8 heteroatoms. The molecule has 0 saturated carbocycles. The number of thioether (sulfide) groups is 1. The van der Waals surface area contributed by atoms with Crippen molar-refractivity contribution >= 4 is 46.3 Å². The van der Waals surface area contributed by atoms with Gasteiger partial charge < -0.3 is 15.0 Å². The average Bonchev–Trinajstić information content (AvgIpc) is 3.23. The number of nitrogens with one attached hydrogen (secondary N) is 1. The predicted octanol–water partition coefficient (Wildman–Crippen LogP) is 3.80. The van der Waals surface area contributed by atoms with Gasteiger partial charge in [-0.15, -0.1) is 23.1 Å². The van der Waals surface area contributed by atoms with Gasteiger partial charge in [0.15, 0.2) is 0 Å². The summed E-state index contributed by atoms with van der Waals surface area (Å²) in [5, 5.41) is 4.77. The molecule has 6 nitrogen and oxygen atoms in total. The highest BCUT2D eigenvalue weighted by molar-refractivity contribution is 8.00. The third-order valence-corrected chi connectivity index (χ3v) is 5.81. The van der Waals surface area contributed by atoms with E-state index < -0.39 is 0 Å². The van der Waals surface area contributed by atoms with Crippen molar-refractivity contribution < 1.29 is 14.3 Å². The Bertz CT molecular complexity index is 992. The van der Waals surface area contributed by atoms with Crippen LogP contribution in [0.4, 0.5) is 11.4 Å². The minimum Gasteiger partial charge on any atom is -0.485 e. The van der Waals surface area contributed by atoms with Crippen molar-refractivity contribution in [2.24, 2.45) is 0 Å². The summed E-state index contributed by atoms with van der Waals surface area (Å²) in [6, 6.07) is 14.8. The van der Waals surface area contributed by atoms with Gasteiger partial charge in [0.2, 0.25) is 11.8 Å². The van der Waals surface area contributed by atoms with Crippen molar-refractivity contribution in [3.63, 3.8) is 0 Å². The van der Waals surface area contributed by atoms with E-state index in [1.807, 2.05) is 41.8 Å². The van der Waals surface area contributed by atoms with Gasteiger partial charge in [0.05, 0.1) is 28.3 Å². The van der Waals surface area contributed by atoms with Crippen LogP contribution >= 0.6 is 23.1 Å². The van der Waals surface area contributed by atoms with Crippen molar-refractivity contribution in [1.82, 2.24) is 4.98 Å². The second-order valence-corrected chi connectivity index (χ2v) is 7.78. The van der Waals surface area contributed by atoms with E-state index in [0.717, 1.165) is 16.3 Å². The number of benzene rings is 2. The van der Waals surface area contributed by atoms with Crippen LogP contribution < -0.4 is 15.0 Å². The van der Waals surface area contributed by atoms with E-state index in [9.17, 15) is 9.59 Å². The normalized spacial score (nSPS) is 13.1. The first-order chi connectivity index (χ1) is 13.7. The molecule has 0 spiro atoms. The molecule has 4 rings (SSSR count). The standard InChI is InChI=1S/C20H17N3O3S2/c24-19(9-23-16-6-2-4-8-18(16)28-12-20(23)25)22-15-5-1-3-7-17(15)26-10-14-11-27-13-21-14/h1-8,11,13H,9-10,12H2,(H,22,24). The molecular formula is C20H17N3O3S2. The van der Waals surface area contributed by atoms with Crippen LogP contribution in [0.2, 0.25) is 0 Å². The van der Waals surface area contributed by atoms with Crippen molar-refractivity contribution in [1.29, 1.82) is 0 Å². The number of para-hydroxylation sites is 3. The van der Waals surface area contributed by atoms with Crippen molar-refractivity contribution in [3.05, 3.63) is 65.1 Å². The molecule has 0 saturated heterocycles. The molecule has 0 aliphatic carbocycles. The van der Waals surface area contributed by atoms with E-state index in [1.54, 1.807) is 17.6 Å². The Labute approximate surface area is 170 Å². The van der Waals surface area contributed by atoms with Crippen LogP contribution in [0.15, 0.2) is 64.3 Å². The van der Waals surface area contributed by atoms with Crippen LogP contribution in [-0.4, -0.2) is 29.1 Å². The van der Waals surface area contributed by atoms with E-state index in [-0.39, 0.29) is 18.4 Å². The molecule has 2 heterocycles. The Balaban J connectivity index is 1.45. The van der Waals surface area contributed by atoms with Crippen LogP contribution in [0, 0.1) is 0 Å². The molecule has 0 atom stereocenters. The van der Waals surface area contributed by atoms with Crippen LogP contribution in [0.1, 0.15) is 5.69 Å². The molecule has 1 aromatic heterocycles. The number of amides is 2. The fraction of sp³-hybridized carbons (Fsp3) is 0.150. The molecule has 0 fully saturated rings. The maximum Gasteiger partial charge on any atom is 0.244 e. The first-order valence-corrected chi connectivity index (χ1v) is 10.5. The molecule has 3 aromatic rings. The minimum absolute atomic E-state index is 0.0448. The molecule has 1 aliphatic heterocycles. The van der Waals surface area contributed by atoms with Crippen LogP contribution in [-0.2, 0) is 16.2 Å². The molecule has 1 aliphatic rings. The number of thiazole rings is 1. The zero-order valence-electron chi connectivity index (χ0n) is 14.8. The third kappa shape index (κ3) is 4.18. The highest BCUT2D eigenvalue weighted by Crippen LogP contribution is 2.34. The molecular weight excluding hydrogens is 394 g/mol. The zero-order chi connectivity index (χ0) is 19.3. The Hall–Kier alpha value is -2.84. The fourth-order valence-corrected chi connectivity index (χ4v) is 4.30. The summed E-state index contributed by atoms with van der Waals surface area (Å²) in [6.07, 6.45) is 0. The third-order valence-electron chi connectivity index (χ3n) is 4.13. The van der Waals surface area contributed by atoms with Crippen molar-refractivity contribution in [3.8, 4) is 5.75 Å². The summed E-state index contributed by atoms with van der Waals surface area (Å²) in [5.41, 5.74) is 3.92. The first-order valence-electron chi connectivity index (χ1n) is 8.61. The predicted molar refractivity (Wildman–Crippen MR) is 111 cm³/mol. The second-order valence-electron chi connectivity index (χ2n) is 6.05. The number of carbonyl (C=O) groups excluding carboxylic acids is 2. The summed E-state index contributed by atoms with van der Waals surface area (Å²) < 4.78 is 5.80. The van der Waals surface area contributed by atoms with Gasteiger partial charge in [-0.2, -0.15) is 0 Å². The van der Waals surface area contributed by atoms with Crippen molar-refractivity contribution in [2.45, 2.75) is 11.5 Å². The highest BCUT2D eigenvalue weighted by Gasteiger charge is 2.26. The van der Waals surface area contributed by atoms with E-state index in [1.165, 1.54) is 28.0 Å². The number of aromatic nitrogens is 1. The van der Waals surface area contributed by atoms with Crippen molar-refractivity contribution in [2.75, 3.05) is 22.5 Å². The van der Waals surface area contributed by atoms with Gasteiger partial charge in [-0.25, -0.2) is 4.98 Å². The summed E-state index contributed by atoms with van der Waals surface area (Å²) >= 11 is 2.99. The lowest BCUT2D eigenvalue weighted by molar-refractivity contribution is -0.120. The Morgan fingerprint density at radius 3 is 2.86 bits per heavy atom. The van der Waals surface area contributed by atoms with Gasteiger partial charge in [-0.05, 0) is 24.3 Å². The molecule has 1 N–H and O–H groups in total. The maximum atomic E-state index is 12.6. The number of nitrogens with zero attached hydrogens (tertiary/aromatic N) is 2. The van der Waals surface area contributed by atoms with Crippen LogP contribution in [0.5, 0.6) is 5.75 Å². The summed E-state index contributed by atoms with van der Waals surface area (Å²) in [7, 11) is 0. The van der Waals surface area contributed by atoms with Crippen LogP contribution in [0.25, 0.3) is 0 Å². The van der Waals surface area contributed by atoms with Gasteiger partial charge in [0.25, 0.3) is 0 Å². The lowest BCUT2D eigenvalue weighted by Crippen LogP contribution is -2.41. The largest absolute Gasteiger partial charge is 0.485 e. The quantitative estimate of drug-likeness (QED) is 0.668. The lowest BCUT2D eigenvalue weighted by Gasteiger charge is -2.28. The van der Waals surface area contributed by atoms with E-state index in [0.29, 0.717) is 23.8 Å². The lowest BCUT2D eigenvalue weighted by atomic mass is 10.2. The molecule has 0 bridgehead atoms. The minimum atomic E-state index is -0.278. The molecule has 0 radical (unpaired) electrons. The average molecular weight is 412 g/mol. The molecule has 28 heavy (non-hydrogen) atoms. The topological polar surface area (TPSA) is 71.5 Å². The molecule has 2 aromatic carbocycles. The van der Waals surface area contributed by atoms with Gasteiger partial charge in [0, 0.05) is 10.3 Å². The van der Waals surface area contributed by atoms with E-state index >= 15 is 0 Å². The summed E-state index contributed by atoms with van der Waals surface area (Å²) in [4.78, 5) is 31.7. The zero-order valence-corrected chi connectivity index (χ0v) is 16.5. The number of carbonyl (C=O) groups is 2. The number of hydrogen-bond donors (Lipinski definition) is 1. The SMILES string of the molecule is O=C(CN1C(=O)CSc2ccccc21)Nc1ccccc1OCc1cscn1. The van der Waals surface area contributed by atoms with Gasteiger partial charge in [0.1, 0.15) is 18.9 Å². The van der Waals surface area contributed by atoms with Gasteiger partial charge >= 0.3 is 0 Å². The molecule has 0 unspecified atom stereocenters. The number of fused-ring (bicyclic) bond motifs is 1. The number of ether oxygens (including phenoxy) is 1. The second kappa shape index (κ2) is 8.45. The molecule has 142 valence electrons. The van der Waals surface area contributed by atoms with Crippen LogP contribution in [0.3, 0.4) is 0 Å². The Morgan fingerprint density at radius 1 is 1.18 bits per heavy atom. The number of rotatable bonds is 6. The molecule has 2 amide bonds. The maximum absolute atomic E-state index is 12.6. The summed E-state index contributed by atoms with van der Waals surface area (Å²) in [6.45, 7) is 0.280. The van der Waals surface area contributed by atoms with Gasteiger partial charge in [-0.3, -0.25) is 9.59 Å². The van der Waals surface area contributed by atoms with E-state index in [4.69, 9.17) is 4.74 Å².